The van der Waals surface area contributed by atoms with Gasteiger partial charge in [-0.15, -0.1) is 0 Å². The number of pyridine rings is 1. The van der Waals surface area contributed by atoms with E-state index in [1.54, 1.807) is 0 Å². The maximum absolute atomic E-state index is 6.52. The smallest absolute Gasteiger partial charge is 0.0705 e. The molecule has 1 heterocycles. The van der Waals surface area contributed by atoms with Crippen LogP contribution in [0.3, 0.4) is 0 Å². The number of fused-ring (bicyclic) bond motifs is 1. The molecule has 0 spiro atoms. The Morgan fingerprint density at radius 3 is 2.69 bits per heavy atom. The molecule has 1 aromatic carbocycles. The fourth-order valence-electron chi connectivity index (χ4n) is 2.81. The van der Waals surface area contributed by atoms with E-state index in [2.05, 4.69) is 29.2 Å². The Morgan fingerprint density at radius 1 is 1.06 bits per heavy atom. The van der Waals surface area contributed by atoms with E-state index in [1.807, 2.05) is 12.3 Å². The zero-order chi connectivity index (χ0) is 11.0. The molecule has 0 radical (unpaired) electrons. The molecule has 2 heteroatoms. The van der Waals surface area contributed by atoms with Crippen LogP contribution < -0.4 is 5.73 Å². The Labute approximate surface area is 95.5 Å². The summed E-state index contributed by atoms with van der Waals surface area (Å²) in [7, 11) is 0. The predicted octanol–water partition coefficient (Wildman–Crippen LogP) is 2.96. The normalized spacial score (nSPS) is 19.1. The molecule has 2 N–H and O–H groups in total. The number of benzene rings is 1. The molecule has 2 nitrogen and oxygen atoms in total. The van der Waals surface area contributed by atoms with Crippen LogP contribution in [0.1, 0.15) is 31.2 Å². The summed E-state index contributed by atoms with van der Waals surface area (Å²) in [5.74, 6) is 0. The lowest BCUT2D eigenvalue weighted by Crippen LogP contribution is -2.33. The standard InChI is InChI=1S/C14H16N2/c15-14(8-1-2-9-14)12-6-3-7-13-11(12)5-4-10-16-13/h3-7,10H,1-2,8-9,15H2. The Kier molecular flexibility index (Phi) is 2.18. The van der Waals surface area contributed by atoms with Crippen molar-refractivity contribution < 1.29 is 0 Å². The molecule has 1 saturated carbocycles. The molecule has 2 aromatic rings. The van der Waals surface area contributed by atoms with Crippen molar-refractivity contribution in [2.75, 3.05) is 0 Å². The van der Waals surface area contributed by atoms with Gasteiger partial charge in [0, 0.05) is 17.1 Å². The maximum atomic E-state index is 6.52. The Hall–Kier alpha value is -1.41. The highest BCUT2D eigenvalue weighted by molar-refractivity contribution is 5.83. The van der Waals surface area contributed by atoms with Crippen LogP contribution in [-0.4, -0.2) is 4.98 Å². The molecule has 0 bridgehead atoms. The Morgan fingerprint density at radius 2 is 1.88 bits per heavy atom. The third-order valence-electron chi connectivity index (χ3n) is 3.68. The fourth-order valence-corrected chi connectivity index (χ4v) is 2.81. The zero-order valence-electron chi connectivity index (χ0n) is 9.32. The van der Waals surface area contributed by atoms with Crippen LogP contribution in [0.15, 0.2) is 36.5 Å². The van der Waals surface area contributed by atoms with E-state index < -0.39 is 0 Å². The first-order valence-corrected chi connectivity index (χ1v) is 5.93. The summed E-state index contributed by atoms with van der Waals surface area (Å²) in [5.41, 5.74) is 8.72. The average Bonchev–Trinajstić information content (AvgIpc) is 2.77. The Balaban J connectivity index is 2.23. The third kappa shape index (κ3) is 1.41. The molecule has 1 fully saturated rings. The van der Waals surface area contributed by atoms with E-state index in [4.69, 9.17) is 5.73 Å². The van der Waals surface area contributed by atoms with E-state index in [0.717, 1.165) is 18.4 Å². The number of hydrogen-bond donors (Lipinski definition) is 1. The number of aromatic nitrogens is 1. The van der Waals surface area contributed by atoms with E-state index in [1.165, 1.54) is 23.8 Å². The summed E-state index contributed by atoms with van der Waals surface area (Å²) in [6, 6.07) is 10.4. The first kappa shape index (κ1) is 9.79. The van der Waals surface area contributed by atoms with Gasteiger partial charge in [-0.05, 0) is 30.5 Å². The second-order valence-electron chi connectivity index (χ2n) is 4.74. The first-order chi connectivity index (χ1) is 7.80. The van der Waals surface area contributed by atoms with Gasteiger partial charge in [0.25, 0.3) is 0 Å². The van der Waals surface area contributed by atoms with Crippen molar-refractivity contribution in [3.05, 3.63) is 42.1 Å². The summed E-state index contributed by atoms with van der Waals surface area (Å²) in [6.07, 6.45) is 6.52. The van der Waals surface area contributed by atoms with E-state index in [0.29, 0.717) is 0 Å². The lowest BCUT2D eigenvalue weighted by molar-refractivity contribution is 0.466. The lowest BCUT2D eigenvalue weighted by Gasteiger charge is -2.25. The number of nitrogens with two attached hydrogens (primary N) is 1. The molecule has 16 heavy (non-hydrogen) atoms. The van der Waals surface area contributed by atoms with Gasteiger partial charge in [0.05, 0.1) is 5.52 Å². The van der Waals surface area contributed by atoms with Gasteiger partial charge in [0.1, 0.15) is 0 Å². The minimum absolute atomic E-state index is 0.122. The highest BCUT2D eigenvalue weighted by atomic mass is 14.8. The predicted molar refractivity (Wildman–Crippen MR) is 66.1 cm³/mol. The van der Waals surface area contributed by atoms with Crippen molar-refractivity contribution in [1.82, 2.24) is 4.98 Å². The molecule has 0 saturated heterocycles. The monoisotopic (exact) mass is 212 g/mol. The topological polar surface area (TPSA) is 38.9 Å². The molecule has 1 aromatic heterocycles. The van der Waals surface area contributed by atoms with Crippen molar-refractivity contribution >= 4 is 10.9 Å². The SMILES string of the molecule is NC1(c2cccc3ncccc23)CCCC1. The van der Waals surface area contributed by atoms with E-state index >= 15 is 0 Å². The third-order valence-corrected chi connectivity index (χ3v) is 3.68. The fraction of sp³-hybridized carbons (Fsp3) is 0.357. The van der Waals surface area contributed by atoms with Gasteiger partial charge in [-0.25, -0.2) is 0 Å². The van der Waals surface area contributed by atoms with Crippen molar-refractivity contribution in [1.29, 1.82) is 0 Å². The van der Waals surface area contributed by atoms with Crippen molar-refractivity contribution in [2.24, 2.45) is 5.73 Å². The van der Waals surface area contributed by atoms with E-state index in [9.17, 15) is 0 Å². The van der Waals surface area contributed by atoms with Gasteiger partial charge in [0.2, 0.25) is 0 Å². The van der Waals surface area contributed by atoms with Gasteiger partial charge in [0.15, 0.2) is 0 Å². The molecule has 0 atom stereocenters. The molecular weight excluding hydrogens is 196 g/mol. The van der Waals surface area contributed by atoms with Crippen molar-refractivity contribution in [3.8, 4) is 0 Å². The lowest BCUT2D eigenvalue weighted by atomic mass is 9.87. The van der Waals surface area contributed by atoms with Gasteiger partial charge in [-0.2, -0.15) is 0 Å². The van der Waals surface area contributed by atoms with Crippen LogP contribution in [0.4, 0.5) is 0 Å². The number of hydrogen-bond acceptors (Lipinski definition) is 2. The molecule has 0 unspecified atom stereocenters. The summed E-state index contributed by atoms with van der Waals surface area (Å²) in [6.45, 7) is 0. The van der Waals surface area contributed by atoms with Crippen LogP contribution >= 0.6 is 0 Å². The second-order valence-corrected chi connectivity index (χ2v) is 4.74. The first-order valence-electron chi connectivity index (χ1n) is 5.93. The van der Waals surface area contributed by atoms with Gasteiger partial charge < -0.3 is 5.73 Å². The van der Waals surface area contributed by atoms with Crippen LogP contribution in [0.25, 0.3) is 10.9 Å². The van der Waals surface area contributed by atoms with Crippen LogP contribution in [0, 0.1) is 0 Å². The number of rotatable bonds is 1. The molecule has 0 amide bonds. The molecular formula is C14H16N2. The van der Waals surface area contributed by atoms with Crippen molar-refractivity contribution in [3.63, 3.8) is 0 Å². The largest absolute Gasteiger partial charge is 0.321 e. The summed E-state index contributed by atoms with van der Waals surface area (Å²) >= 11 is 0. The Bertz CT molecular complexity index is 508. The number of nitrogens with zero attached hydrogens (tertiary/aromatic N) is 1. The van der Waals surface area contributed by atoms with Gasteiger partial charge in [-0.1, -0.05) is 31.0 Å². The van der Waals surface area contributed by atoms with Gasteiger partial charge in [-0.3, -0.25) is 4.98 Å². The summed E-state index contributed by atoms with van der Waals surface area (Å²) in [4.78, 5) is 4.39. The second kappa shape index (κ2) is 3.56. The quantitative estimate of drug-likeness (QED) is 0.789. The van der Waals surface area contributed by atoms with Crippen LogP contribution in [0.5, 0.6) is 0 Å². The minimum Gasteiger partial charge on any atom is -0.321 e. The van der Waals surface area contributed by atoms with Crippen LogP contribution in [-0.2, 0) is 5.54 Å². The minimum atomic E-state index is -0.122. The summed E-state index contributed by atoms with van der Waals surface area (Å²) < 4.78 is 0. The molecule has 0 aliphatic heterocycles. The molecule has 82 valence electrons. The van der Waals surface area contributed by atoms with Crippen molar-refractivity contribution in [2.45, 2.75) is 31.2 Å². The molecule has 1 aliphatic rings. The zero-order valence-corrected chi connectivity index (χ0v) is 9.32. The highest BCUT2D eigenvalue weighted by Gasteiger charge is 2.32. The van der Waals surface area contributed by atoms with E-state index in [-0.39, 0.29) is 5.54 Å². The van der Waals surface area contributed by atoms with Gasteiger partial charge >= 0.3 is 0 Å². The maximum Gasteiger partial charge on any atom is 0.0705 e. The average molecular weight is 212 g/mol. The highest BCUT2D eigenvalue weighted by Crippen LogP contribution is 2.38. The summed E-state index contributed by atoms with van der Waals surface area (Å²) in [5, 5.41) is 1.22. The molecule has 3 rings (SSSR count). The molecule has 1 aliphatic carbocycles. The van der Waals surface area contributed by atoms with Crippen LogP contribution in [0.2, 0.25) is 0 Å².